The number of nitrogens with one attached hydrogen (secondary N) is 1. The molecule has 3 aliphatic heterocycles. The number of fused-ring (bicyclic) bond motifs is 1. The monoisotopic (exact) mass is 374 g/mol. The molecule has 0 aliphatic carbocycles. The predicted molar refractivity (Wildman–Crippen MR) is 97.0 cm³/mol. The van der Waals surface area contributed by atoms with E-state index < -0.39 is 0 Å². The van der Waals surface area contributed by atoms with Gasteiger partial charge >= 0.3 is 0 Å². The first-order valence-electron chi connectivity index (χ1n) is 9.60. The van der Waals surface area contributed by atoms with Crippen molar-refractivity contribution in [2.24, 2.45) is 5.92 Å². The maximum Gasteiger partial charge on any atom is 0.274 e. The summed E-state index contributed by atoms with van der Waals surface area (Å²) in [5, 5.41) is 2.72. The molecular weight excluding hydrogens is 348 g/mol. The Morgan fingerprint density at radius 2 is 2.00 bits per heavy atom. The zero-order valence-corrected chi connectivity index (χ0v) is 15.7. The van der Waals surface area contributed by atoms with E-state index in [0.717, 1.165) is 25.3 Å². The summed E-state index contributed by atoms with van der Waals surface area (Å²) in [6, 6.07) is 0. The summed E-state index contributed by atoms with van der Waals surface area (Å²) in [6.07, 6.45) is 3.34. The maximum absolute atomic E-state index is 12.8. The highest BCUT2D eigenvalue weighted by molar-refractivity contribution is 5.95. The zero-order chi connectivity index (χ0) is 19.0. The second-order valence-corrected chi connectivity index (χ2v) is 7.64. The van der Waals surface area contributed by atoms with E-state index in [1.807, 2.05) is 9.47 Å². The number of piperazine rings is 1. The lowest BCUT2D eigenvalue weighted by atomic mass is 10.1. The molecule has 1 aromatic rings. The van der Waals surface area contributed by atoms with Crippen LogP contribution in [-0.4, -0.2) is 94.8 Å². The van der Waals surface area contributed by atoms with E-state index in [2.05, 4.69) is 22.2 Å². The lowest BCUT2D eigenvalue weighted by Gasteiger charge is -2.26. The molecule has 0 saturated carbocycles. The summed E-state index contributed by atoms with van der Waals surface area (Å²) in [6.45, 7) is 4.80. The summed E-state index contributed by atoms with van der Waals surface area (Å²) in [7, 11) is 2.05. The molecule has 2 fully saturated rings. The Morgan fingerprint density at radius 1 is 1.15 bits per heavy atom. The first-order valence-corrected chi connectivity index (χ1v) is 9.60. The van der Waals surface area contributed by atoms with Crippen molar-refractivity contribution in [1.82, 2.24) is 29.6 Å². The summed E-state index contributed by atoms with van der Waals surface area (Å²) in [5.41, 5.74) is 0.386. The fourth-order valence-corrected chi connectivity index (χ4v) is 4.11. The van der Waals surface area contributed by atoms with Gasteiger partial charge in [0, 0.05) is 51.9 Å². The number of hydrogen-bond donors (Lipinski definition) is 1. The Labute approximate surface area is 158 Å². The Bertz CT molecular complexity index is 735. The van der Waals surface area contributed by atoms with Gasteiger partial charge in [0.05, 0.1) is 12.5 Å². The third-order valence-corrected chi connectivity index (χ3v) is 5.67. The molecule has 27 heavy (non-hydrogen) atoms. The molecule has 9 nitrogen and oxygen atoms in total. The SMILES string of the molecule is CN1CCC(C(=O)N2CCc3nc(C(=O)N4CCNC(=O)C4)cn3CC2)C1. The molecule has 146 valence electrons. The van der Waals surface area contributed by atoms with E-state index in [1.54, 1.807) is 6.20 Å². The molecule has 9 heteroatoms. The van der Waals surface area contributed by atoms with Crippen molar-refractivity contribution < 1.29 is 14.4 Å². The van der Waals surface area contributed by atoms with Gasteiger partial charge in [-0.15, -0.1) is 0 Å². The Balaban J connectivity index is 1.40. The maximum atomic E-state index is 12.8. The van der Waals surface area contributed by atoms with Gasteiger partial charge in [-0.3, -0.25) is 14.4 Å². The molecular formula is C18H26N6O3. The summed E-state index contributed by atoms with van der Waals surface area (Å²) < 4.78 is 1.98. The van der Waals surface area contributed by atoms with E-state index in [4.69, 9.17) is 0 Å². The predicted octanol–water partition coefficient (Wildman–Crippen LogP) is -1.21. The van der Waals surface area contributed by atoms with Gasteiger partial charge in [0.15, 0.2) is 0 Å². The number of rotatable bonds is 2. The van der Waals surface area contributed by atoms with Crippen LogP contribution in [0.2, 0.25) is 0 Å². The first-order chi connectivity index (χ1) is 13.0. The van der Waals surface area contributed by atoms with Crippen LogP contribution in [0.25, 0.3) is 0 Å². The molecule has 2 saturated heterocycles. The van der Waals surface area contributed by atoms with E-state index in [-0.39, 0.29) is 30.2 Å². The molecule has 0 radical (unpaired) electrons. The van der Waals surface area contributed by atoms with Gasteiger partial charge in [-0.25, -0.2) is 4.98 Å². The van der Waals surface area contributed by atoms with Crippen molar-refractivity contribution >= 4 is 17.7 Å². The molecule has 1 atom stereocenters. The van der Waals surface area contributed by atoms with Crippen LogP contribution >= 0.6 is 0 Å². The van der Waals surface area contributed by atoms with Crippen LogP contribution in [0.4, 0.5) is 0 Å². The molecule has 3 aliphatic rings. The van der Waals surface area contributed by atoms with Crippen LogP contribution in [0.3, 0.4) is 0 Å². The van der Waals surface area contributed by atoms with Crippen LogP contribution in [0.1, 0.15) is 22.7 Å². The topological polar surface area (TPSA) is 90.8 Å². The molecule has 4 heterocycles. The largest absolute Gasteiger partial charge is 0.353 e. The van der Waals surface area contributed by atoms with Crippen molar-refractivity contribution in [3.05, 3.63) is 17.7 Å². The Hall–Kier alpha value is -2.42. The minimum Gasteiger partial charge on any atom is -0.353 e. The molecule has 0 spiro atoms. The van der Waals surface area contributed by atoms with Gasteiger partial charge in [-0.1, -0.05) is 0 Å². The normalized spacial score (nSPS) is 23.7. The molecule has 1 aromatic heterocycles. The number of aromatic nitrogens is 2. The molecule has 3 amide bonds. The minimum atomic E-state index is -0.202. The number of hydrogen-bond acceptors (Lipinski definition) is 5. The highest BCUT2D eigenvalue weighted by Crippen LogP contribution is 2.19. The smallest absolute Gasteiger partial charge is 0.274 e. The second kappa shape index (κ2) is 7.30. The van der Waals surface area contributed by atoms with Gasteiger partial charge in [0.25, 0.3) is 5.91 Å². The number of carbonyl (C=O) groups is 3. The van der Waals surface area contributed by atoms with Crippen molar-refractivity contribution in [2.45, 2.75) is 19.4 Å². The molecule has 1 N–H and O–H groups in total. The van der Waals surface area contributed by atoms with E-state index in [1.165, 1.54) is 4.90 Å². The fraction of sp³-hybridized carbons (Fsp3) is 0.667. The van der Waals surface area contributed by atoms with E-state index in [0.29, 0.717) is 44.8 Å². The Morgan fingerprint density at radius 3 is 2.74 bits per heavy atom. The van der Waals surface area contributed by atoms with Gasteiger partial charge < -0.3 is 24.6 Å². The van der Waals surface area contributed by atoms with Crippen LogP contribution in [0.15, 0.2) is 6.20 Å². The lowest BCUT2D eigenvalue weighted by molar-refractivity contribution is -0.135. The highest BCUT2D eigenvalue weighted by Gasteiger charge is 2.31. The van der Waals surface area contributed by atoms with Crippen molar-refractivity contribution in [2.75, 3.05) is 52.9 Å². The van der Waals surface area contributed by atoms with E-state index >= 15 is 0 Å². The lowest BCUT2D eigenvalue weighted by Crippen LogP contribution is -2.50. The third-order valence-electron chi connectivity index (χ3n) is 5.67. The number of nitrogens with zero attached hydrogens (tertiary/aromatic N) is 5. The standard InChI is InChI=1S/C18H26N6O3/c1-21-5-2-13(10-21)17(26)22-6-3-15-20-14(11-23(15)9-8-22)18(27)24-7-4-19-16(25)12-24/h11,13H,2-10,12H2,1H3,(H,19,25). The quantitative estimate of drug-likeness (QED) is 0.702. The number of imidazole rings is 1. The third kappa shape index (κ3) is 3.69. The van der Waals surface area contributed by atoms with Gasteiger partial charge in [0.2, 0.25) is 11.8 Å². The van der Waals surface area contributed by atoms with E-state index in [9.17, 15) is 14.4 Å². The minimum absolute atomic E-state index is 0.0825. The second-order valence-electron chi connectivity index (χ2n) is 7.64. The molecule has 0 aromatic carbocycles. The fourth-order valence-electron chi connectivity index (χ4n) is 4.11. The molecule has 4 rings (SSSR count). The molecule has 1 unspecified atom stereocenters. The average molecular weight is 374 g/mol. The van der Waals surface area contributed by atoms with Crippen LogP contribution in [-0.2, 0) is 22.6 Å². The molecule has 0 bridgehead atoms. The van der Waals surface area contributed by atoms with Crippen molar-refractivity contribution in [3.63, 3.8) is 0 Å². The van der Waals surface area contributed by atoms with Gasteiger partial charge in [-0.2, -0.15) is 0 Å². The van der Waals surface area contributed by atoms with Crippen LogP contribution in [0, 0.1) is 5.92 Å². The summed E-state index contributed by atoms with van der Waals surface area (Å²) in [5.74, 6) is 0.830. The van der Waals surface area contributed by atoms with Gasteiger partial charge in [-0.05, 0) is 20.0 Å². The average Bonchev–Trinajstić information content (AvgIpc) is 3.22. The first kappa shape index (κ1) is 18.0. The highest BCUT2D eigenvalue weighted by atomic mass is 16.2. The number of carbonyl (C=O) groups excluding carboxylic acids is 3. The van der Waals surface area contributed by atoms with Crippen LogP contribution < -0.4 is 5.32 Å². The van der Waals surface area contributed by atoms with Crippen molar-refractivity contribution in [3.8, 4) is 0 Å². The van der Waals surface area contributed by atoms with Crippen LogP contribution in [0.5, 0.6) is 0 Å². The Kier molecular flexibility index (Phi) is 4.86. The van der Waals surface area contributed by atoms with Crippen molar-refractivity contribution in [1.29, 1.82) is 0 Å². The van der Waals surface area contributed by atoms with Gasteiger partial charge in [0.1, 0.15) is 11.5 Å². The summed E-state index contributed by atoms with van der Waals surface area (Å²) in [4.78, 5) is 47.1. The number of likely N-dealkylation sites (tertiary alicyclic amines) is 1. The summed E-state index contributed by atoms with van der Waals surface area (Å²) >= 11 is 0. The zero-order valence-electron chi connectivity index (χ0n) is 15.7. The number of amides is 3.